The lowest BCUT2D eigenvalue weighted by atomic mass is 9.87. The number of aliphatic hydroxyl groups is 2. The van der Waals surface area contributed by atoms with Gasteiger partial charge in [0, 0.05) is 5.41 Å². The van der Waals surface area contributed by atoms with Crippen LogP contribution in [0.4, 0.5) is 0 Å². The van der Waals surface area contributed by atoms with E-state index in [-0.39, 0.29) is 16.9 Å². The summed E-state index contributed by atoms with van der Waals surface area (Å²) in [6.07, 6.45) is 0.0255. The first kappa shape index (κ1) is 17.1. The molecule has 0 amide bonds. The Balaban J connectivity index is 3.39. The van der Waals surface area contributed by atoms with Crippen molar-refractivity contribution in [1.29, 1.82) is 5.26 Å². The summed E-state index contributed by atoms with van der Waals surface area (Å²) >= 11 is 0. The van der Waals surface area contributed by atoms with E-state index in [0.717, 1.165) is 6.07 Å². The minimum Gasteiger partial charge on any atom is -0.861 e. The molecule has 0 aliphatic rings. The molecule has 7 nitrogen and oxygen atoms in total. The molecule has 21 heavy (non-hydrogen) atoms. The maximum absolute atomic E-state index is 12.1. The summed E-state index contributed by atoms with van der Waals surface area (Å²) in [4.78, 5) is -0.387. The normalized spacial score (nSPS) is 13.0. The molecule has 0 radical (unpaired) electrons. The maximum Gasteiger partial charge on any atom is 0.282 e. The van der Waals surface area contributed by atoms with Crippen LogP contribution in [0.1, 0.15) is 18.9 Å². The van der Waals surface area contributed by atoms with Gasteiger partial charge in [0.25, 0.3) is 10.0 Å². The van der Waals surface area contributed by atoms with Crippen LogP contribution in [0.15, 0.2) is 33.6 Å². The van der Waals surface area contributed by atoms with Crippen molar-refractivity contribution in [3.63, 3.8) is 0 Å². The summed E-state index contributed by atoms with van der Waals surface area (Å²) in [5, 5.41) is 39.3. The van der Waals surface area contributed by atoms with Gasteiger partial charge in [-0.3, -0.25) is 0 Å². The van der Waals surface area contributed by atoms with Gasteiger partial charge >= 0.3 is 0 Å². The fourth-order valence-corrected chi connectivity index (χ4v) is 2.75. The van der Waals surface area contributed by atoms with E-state index in [0.29, 0.717) is 0 Å². The molecular weight excluding hydrogens is 296 g/mol. The van der Waals surface area contributed by atoms with E-state index in [4.69, 9.17) is 5.26 Å². The molecule has 0 saturated heterocycles. The van der Waals surface area contributed by atoms with Crippen molar-refractivity contribution in [3.8, 4) is 6.07 Å². The fourth-order valence-electron chi connectivity index (χ4n) is 1.60. The van der Waals surface area contributed by atoms with Crippen molar-refractivity contribution in [2.75, 3.05) is 13.2 Å². The molecule has 0 aromatic heterocycles. The average molecular weight is 311 g/mol. The van der Waals surface area contributed by atoms with Crippen molar-refractivity contribution in [1.82, 2.24) is 0 Å². The van der Waals surface area contributed by atoms with E-state index in [1.54, 1.807) is 6.07 Å². The van der Waals surface area contributed by atoms with E-state index in [1.165, 1.54) is 25.1 Å². The number of sulfonamides is 1. The molecule has 0 aliphatic carbocycles. The molecule has 8 heteroatoms. The molecule has 0 saturated carbocycles. The maximum atomic E-state index is 12.1. The van der Waals surface area contributed by atoms with Gasteiger partial charge in [-0.25, -0.2) is 0 Å². The zero-order valence-electron chi connectivity index (χ0n) is 11.4. The van der Waals surface area contributed by atoms with Crippen LogP contribution in [0.25, 0.3) is 0 Å². The first-order valence-corrected chi connectivity index (χ1v) is 7.54. The van der Waals surface area contributed by atoms with E-state index < -0.39 is 34.5 Å². The molecule has 0 atom stereocenters. The molecule has 0 spiro atoms. The first-order chi connectivity index (χ1) is 9.86. The minimum atomic E-state index is -4.38. The van der Waals surface area contributed by atoms with E-state index in [1.807, 2.05) is 0 Å². The van der Waals surface area contributed by atoms with Crippen LogP contribution in [-0.2, 0) is 10.0 Å². The number of nitriles is 1. The van der Waals surface area contributed by atoms with Gasteiger partial charge in [-0.05, 0) is 24.5 Å². The Morgan fingerprint density at radius 1 is 1.38 bits per heavy atom. The highest BCUT2D eigenvalue weighted by atomic mass is 32.2. The Labute approximate surface area is 122 Å². The number of hydrogen-bond acceptors (Lipinski definition) is 6. The quantitative estimate of drug-likeness (QED) is 0.531. The second-order valence-electron chi connectivity index (χ2n) is 4.43. The van der Waals surface area contributed by atoms with Crippen molar-refractivity contribution >= 4 is 15.9 Å². The van der Waals surface area contributed by atoms with Crippen molar-refractivity contribution < 1.29 is 23.7 Å². The molecule has 114 valence electrons. The molecule has 2 N–H and O–H groups in total. The Morgan fingerprint density at radius 3 is 2.43 bits per heavy atom. The molecule has 1 aromatic rings. The Bertz CT molecular complexity index is 664. The number of hydrogen-bond donors (Lipinski definition) is 2. The van der Waals surface area contributed by atoms with Crippen molar-refractivity contribution in [2.24, 2.45) is 9.81 Å². The van der Waals surface area contributed by atoms with Crippen LogP contribution >= 0.6 is 0 Å². The van der Waals surface area contributed by atoms with Crippen LogP contribution in [-0.4, -0.2) is 37.7 Å². The van der Waals surface area contributed by atoms with Crippen LogP contribution in [0, 0.1) is 16.7 Å². The lowest BCUT2D eigenvalue weighted by Crippen LogP contribution is -2.45. The monoisotopic (exact) mass is 311 g/mol. The molecule has 0 unspecified atom stereocenters. The smallest absolute Gasteiger partial charge is 0.282 e. The van der Waals surface area contributed by atoms with Gasteiger partial charge in [0.2, 0.25) is 0 Å². The number of rotatable bonds is 6. The predicted molar refractivity (Wildman–Crippen MR) is 72.7 cm³/mol. The Morgan fingerprint density at radius 2 is 1.95 bits per heavy atom. The summed E-state index contributed by atoms with van der Waals surface area (Å²) < 4.78 is 27.4. The van der Waals surface area contributed by atoms with Gasteiger partial charge in [0.05, 0.1) is 18.8 Å². The fraction of sp³-hybridized carbons (Fsp3) is 0.385. The highest BCUT2D eigenvalue weighted by Crippen LogP contribution is 2.23. The topological polar surface area (TPSA) is 134 Å². The SMILES string of the molecule is CCC(CO)(CO)/C([O-])=N/S(=O)(=O)c1ccccc1C#N. The number of aliphatic hydroxyl groups excluding tert-OH is 2. The van der Waals surface area contributed by atoms with Gasteiger partial charge < -0.3 is 15.3 Å². The van der Waals surface area contributed by atoms with Crippen LogP contribution in [0.5, 0.6) is 0 Å². The summed E-state index contributed by atoms with van der Waals surface area (Å²) in [5.41, 5.74) is -1.78. The minimum absolute atomic E-state index is 0.0255. The van der Waals surface area contributed by atoms with E-state index >= 15 is 0 Å². The van der Waals surface area contributed by atoms with Crippen LogP contribution in [0.2, 0.25) is 0 Å². The average Bonchev–Trinajstić information content (AvgIpc) is 2.49. The third-order valence-electron chi connectivity index (χ3n) is 3.22. The molecule has 1 aromatic carbocycles. The summed E-state index contributed by atoms with van der Waals surface area (Å²) in [7, 11) is -4.38. The second-order valence-corrected chi connectivity index (χ2v) is 6.00. The Hall–Kier alpha value is -1.95. The number of nitrogens with zero attached hydrogens (tertiary/aromatic N) is 2. The molecule has 1 rings (SSSR count). The molecule has 0 fully saturated rings. The zero-order valence-corrected chi connectivity index (χ0v) is 12.2. The zero-order chi connectivity index (χ0) is 16.1. The van der Waals surface area contributed by atoms with Gasteiger partial charge in [-0.15, -0.1) is 0 Å². The Kier molecular flexibility index (Phi) is 5.43. The molecule has 0 heterocycles. The summed E-state index contributed by atoms with van der Waals surface area (Å²) in [6, 6.07) is 7.04. The second kappa shape index (κ2) is 6.67. The summed E-state index contributed by atoms with van der Waals surface area (Å²) in [5.74, 6) is -1.14. The third kappa shape index (κ3) is 3.39. The largest absolute Gasteiger partial charge is 0.861 e. The van der Waals surface area contributed by atoms with Crippen molar-refractivity contribution in [3.05, 3.63) is 29.8 Å². The number of benzene rings is 1. The van der Waals surface area contributed by atoms with Gasteiger partial charge in [0.1, 0.15) is 11.0 Å². The third-order valence-corrected chi connectivity index (χ3v) is 4.54. The van der Waals surface area contributed by atoms with Gasteiger partial charge in [0.15, 0.2) is 0 Å². The summed E-state index contributed by atoms with van der Waals surface area (Å²) in [6.45, 7) is 0.0746. The van der Waals surface area contributed by atoms with Gasteiger partial charge in [-0.2, -0.15) is 18.1 Å². The van der Waals surface area contributed by atoms with E-state index in [2.05, 4.69) is 4.40 Å². The lowest BCUT2D eigenvalue weighted by Gasteiger charge is -2.33. The standard InChI is InChI=1S/C13H16N2O5S/c1-2-13(8-16,9-17)12(18)15-21(19,20)11-6-4-3-5-10(11)7-14/h3-6,16-17H,2,8-9H2,1H3,(H,15,18)/p-1. The van der Waals surface area contributed by atoms with Gasteiger partial charge in [-0.1, -0.05) is 19.1 Å². The highest BCUT2D eigenvalue weighted by molar-refractivity contribution is 7.90. The molecular formula is C13H15N2O5S-. The highest BCUT2D eigenvalue weighted by Gasteiger charge is 2.29. The van der Waals surface area contributed by atoms with Crippen molar-refractivity contribution in [2.45, 2.75) is 18.2 Å². The van der Waals surface area contributed by atoms with Crippen LogP contribution in [0.3, 0.4) is 0 Å². The predicted octanol–water partition coefficient (Wildman–Crippen LogP) is -0.613. The van der Waals surface area contributed by atoms with Crippen LogP contribution < -0.4 is 5.11 Å². The molecule has 0 bridgehead atoms. The first-order valence-electron chi connectivity index (χ1n) is 6.10. The van der Waals surface area contributed by atoms with E-state index in [9.17, 15) is 23.7 Å². The lowest BCUT2D eigenvalue weighted by molar-refractivity contribution is -0.235. The molecule has 0 aliphatic heterocycles.